The van der Waals surface area contributed by atoms with Crippen molar-refractivity contribution >= 4 is 23.2 Å². The van der Waals surface area contributed by atoms with Gasteiger partial charge < -0.3 is 10.0 Å². The Morgan fingerprint density at radius 3 is 2.65 bits per heavy atom. The van der Waals surface area contributed by atoms with Crippen LogP contribution in [-0.4, -0.2) is 29.6 Å². The first-order valence-electron chi connectivity index (χ1n) is 7.41. The topological polar surface area (TPSA) is 23.5 Å². The van der Waals surface area contributed by atoms with Crippen molar-refractivity contribution in [2.24, 2.45) is 0 Å². The number of halogens is 2. The average molecular weight is 316 g/mol. The van der Waals surface area contributed by atoms with Crippen LogP contribution in [0, 0.1) is 0 Å². The fourth-order valence-corrected chi connectivity index (χ4v) is 3.38. The van der Waals surface area contributed by atoms with E-state index in [0.29, 0.717) is 22.5 Å². The van der Waals surface area contributed by atoms with Crippen molar-refractivity contribution in [3.8, 4) is 0 Å². The lowest BCUT2D eigenvalue weighted by molar-refractivity contribution is 0.125. The summed E-state index contributed by atoms with van der Waals surface area (Å²) < 4.78 is 0. The van der Waals surface area contributed by atoms with Crippen LogP contribution >= 0.6 is 23.2 Å². The fraction of sp³-hybridized carbons (Fsp3) is 0.625. The second-order valence-corrected chi connectivity index (χ2v) is 6.59. The van der Waals surface area contributed by atoms with Crippen LogP contribution in [0.2, 0.25) is 10.0 Å². The van der Waals surface area contributed by atoms with Crippen molar-refractivity contribution in [1.29, 1.82) is 0 Å². The minimum atomic E-state index is -0.549. The highest BCUT2D eigenvalue weighted by molar-refractivity contribution is 6.33. The molecule has 20 heavy (non-hydrogen) atoms. The molecule has 0 heterocycles. The summed E-state index contributed by atoms with van der Waals surface area (Å²) in [6.07, 6.45) is 6.73. The van der Waals surface area contributed by atoms with E-state index in [1.165, 1.54) is 32.1 Å². The molecule has 1 atom stereocenters. The molecule has 1 aliphatic carbocycles. The number of hydrogen-bond acceptors (Lipinski definition) is 2. The third-order valence-electron chi connectivity index (χ3n) is 4.27. The molecule has 0 bridgehead atoms. The zero-order chi connectivity index (χ0) is 14.5. The van der Waals surface area contributed by atoms with Gasteiger partial charge in [-0.1, -0.05) is 42.5 Å². The van der Waals surface area contributed by atoms with E-state index < -0.39 is 6.10 Å². The summed E-state index contributed by atoms with van der Waals surface area (Å²) in [5, 5.41) is 11.5. The molecule has 2 nitrogen and oxygen atoms in total. The number of rotatable bonds is 5. The van der Waals surface area contributed by atoms with Crippen LogP contribution in [0.1, 0.15) is 50.2 Å². The van der Waals surface area contributed by atoms with Crippen LogP contribution in [0.15, 0.2) is 18.2 Å². The lowest BCUT2D eigenvalue weighted by atomic mass is 9.94. The van der Waals surface area contributed by atoms with Gasteiger partial charge in [0, 0.05) is 28.2 Å². The van der Waals surface area contributed by atoms with Gasteiger partial charge in [0.15, 0.2) is 0 Å². The Balaban J connectivity index is 1.87. The van der Waals surface area contributed by atoms with Gasteiger partial charge in [-0.3, -0.25) is 0 Å². The molecule has 0 radical (unpaired) electrons. The normalized spacial score (nSPS) is 18.4. The number of benzene rings is 1. The van der Waals surface area contributed by atoms with Gasteiger partial charge in [-0.05, 0) is 44.5 Å². The summed E-state index contributed by atoms with van der Waals surface area (Å²) >= 11 is 12.1. The molecule has 2 rings (SSSR count). The molecule has 1 aliphatic rings. The zero-order valence-electron chi connectivity index (χ0n) is 12.0. The maximum absolute atomic E-state index is 10.3. The Labute approximate surface area is 131 Å². The molecular formula is C16H23Cl2NO. The standard InChI is InChI=1S/C16H23Cl2NO/c1-19(13-5-3-2-4-6-13)10-9-16(20)14-11-12(17)7-8-15(14)18/h7-8,11,13,16,20H,2-6,9-10H2,1H3. The second-order valence-electron chi connectivity index (χ2n) is 5.74. The summed E-state index contributed by atoms with van der Waals surface area (Å²) in [5.41, 5.74) is 0.733. The molecule has 0 amide bonds. The molecule has 112 valence electrons. The molecule has 0 spiro atoms. The molecule has 1 unspecified atom stereocenters. The Morgan fingerprint density at radius 2 is 1.95 bits per heavy atom. The summed E-state index contributed by atoms with van der Waals surface area (Å²) in [5.74, 6) is 0. The summed E-state index contributed by atoms with van der Waals surface area (Å²) in [6.45, 7) is 0.884. The molecule has 1 aromatic carbocycles. The first-order valence-corrected chi connectivity index (χ1v) is 8.17. The zero-order valence-corrected chi connectivity index (χ0v) is 13.5. The lowest BCUT2D eigenvalue weighted by Crippen LogP contribution is -2.34. The Morgan fingerprint density at radius 1 is 1.25 bits per heavy atom. The van der Waals surface area contributed by atoms with E-state index in [4.69, 9.17) is 23.2 Å². The van der Waals surface area contributed by atoms with Crippen molar-refractivity contribution < 1.29 is 5.11 Å². The van der Waals surface area contributed by atoms with Crippen LogP contribution in [0.4, 0.5) is 0 Å². The van der Waals surface area contributed by atoms with Crippen LogP contribution in [0.5, 0.6) is 0 Å². The van der Waals surface area contributed by atoms with Gasteiger partial charge in [0.25, 0.3) is 0 Å². The SMILES string of the molecule is CN(CCC(O)c1cc(Cl)ccc1Cl)C1CCCCC1. The average Bonchev–Trinajstić information content (AvgIpc) is 2.47. The Kier molecular flexibility index (Phi) is 6.16. The third-order valence-corrected chi connectivity index (χ3v) is 4.85. The highest BCUT2D eigenvalue weighted by Gasteiger charge is 2.19. The first-order chi connectivity index (χ1) is 9.58. The van der Waals surface area contributed by atoms with Crippen molar-refractivity contribution in [3.63, 3.8) is 0 Å². The first kappa shape index (κ1) is 16.1. The molecule has 0 aromatic heterocycles. The van der Waals surface area contributed by atoms with Gasteiger partial charge in [0.1, 0.15) is 0 Å². The van der Waals surface area contributed by atoms with Gasteiger partial charge in [-0.15, -0.1) is 0 Å². The lowest BCUT2D eigenvalue weighted by Gasteiger charge is -2.31. The van der Waals surface area contributed by atoms with Crippen LogP contribution in [0.25, 0.3) is 0 Å². The van der Waals surface area contributed by atoms with E-state index in [0.717, 1.165) is 12.1 Å². The van der Waals surface area contributed by atoms with Gasteiger partial charge in [-0.2, -0.15) is 0 Å². The van der Waals surface area contributed by atoms with Crippen molar-refractivity contribution in [2.75, 3.05) is 13.6 Å². The maximum Gasteiger partial charge on any atom is 0.0817 e. The van der Waals surface area contributed by atoms with E-state index in [9.17, 15) is 5.11 Å². The maximum atomic E-state index is 10.3. The van der Waals surface area contributed by atoms with E-state index in [1.54, 1.807) is 18.2 Å². The van der Waals surface area contributed by atoms with Crippen molar-refractivity contribution in [1.82, 2.24) is 4.90 Å². The van der Waals surface area contributed by atoms with Gasteiger partial charge in [0.2, 0.25) is 0 Å². The molecule has 0 saturated heterocycles. The monoisotopic (exact) mass is 315 g/mol. The highest BCUT2D eigenvalue weighted by atomic mass is 35.5. The summed E-state index contributed by atoms with van der Waals surface area (Å²) in [7, 11) is 2.16. The van der Waals surface area contributed by atoms with E-state index in [2.05, 4.69) is 11.9 Å². The van der Waals surface area contributed by atoms with Crippen LogP contribution in [-0.2, 0) is 0 Å². The van der Waals surface area contributed by atoms with E-state index in [-0.39, 0.29) is 0 Å². The third kappa shape index (κ3) is 4.36. The Bertz CT molecular complexity index is 432. The molecule has 1 aromatic rings. The summed E-state index contributed by atoms with van der Waals surface area (Å²) in [4.78, 5) is 2.38. The number of nitrogens with zero attached hydrogens (tertiary/aromatic N) is 1. The molecular weight excluding hydrogens is 293 g/mol. The predicted molar refractivity (Wildman–Crippen MR) is 85.5 cm³/mol. The quantitative estimate of drug-likeness (QED) is 0.852. The highest BCUT2D eigenvalue weighted by Crippen LogP contribution is 2.29. The van der Waals surface area contributed by atoms with Gasteiger partial charge in [0.05, 0.1) is 6.10 Å². The van der Waals surface area contributed by atoms with Crippen molar-refractivity contribution in [2.45, 2.75) is 50.7 Å². The number of aliphatic hydroxyl groups excluding tert-OH is 1. The minimum absolute atomic E-state index is 0.549. The van der Waals surface area contributed by atoms with E-state index in [1.807, 2.05) is 0 Å². The Hall–Kier alpha value is -0.280. The summed E-state index contributed by atoms with van der Waals surface area (Å²) in [6, 6.07) is 5.92. The van der Waals surface area contributed by atoms with Crippen LogP contribution < -0.4 is 0 Å². The predicted octanol–water partition coefficient (Wildman–Crippen LogP) is 4.68. The molecule has 1 saturated carbocycles. The number of hydrogen-bond donors (Lipinski definition) is 1. The van der Waals surface area contributed by atoms with Gasteiger partial charge >= 0.3 is 0 Å². The van der Waals surface area contributed by atoms with Crippen LogP contribution in [0.3, 0.4) is 0 Å². The van der Waals surface area contributed by atoms with Gasteiger partial charge in [-0.25, -0.2) is 0 Å². The fourth-order valence-electron chi connectivity index (χ4n) is 2.96. The smallest absolute Gasteiger partial charge is 0.0817 e. The molecule has 1 N–H and O–H groups in total. The minimum Gasteiger partial charge on any atom is -0.388 e. The molecule has 4 heteroatoms. The van der Waals surface area contributed by atoms with Crippen molar-refractivity contribution in [3.05, 3.63) is 33.8 Å². The molecule has 0 aliphatic heterocycles. The molecule has 1 fully saturated rings. The second kappa shape index (κ2) is 7.65. The largest absolute Gasteiger partial charge is 0.388 e. The number of aliphatic hydroxyl groups is 1. The van der Waals surface area contributed by atoms with E-state index >= 15 is 0 Å².